The first-order valence-electron chi connectivity index (χ1n) is 9.40. The van der Waals surface area contributed by atoms with Gasteiger partial charge in [0.1, 0.15) is 17.0 Å². The maximum Gasteiger partial charge on any atom is 0.419 e. The van der Waals surface area contributed by atoms with Crippen molar-refractivity contribution in [3.63, 3.8) is 0 Å². The van der Waals surface area contributed by atoms with E-state index in [1.807, 2.05) is 0 Å². The Morgan fingerprint density at radius 3 is 2.60 bits per heavy atom. The number of rotatable bonds is 2. The van der Waals surface area contributed by atoms with Crippen LogP contribution in [0.2, 0.25) is 0 Å². The van der Waals surface area contributed by atoms with Gasteiger partial charge in [-0.15, -0.1) is 0 Å². The highest BCUT2D eigenvalue weighted by atomic mass is 19.4. The molecule has 4 heterocycles. The number of hydrogen-bond acceptors (Lipinski definition) is 6. The fourth-order valence-electron chi connectivity index (χ4n) is 4.14. The average Bonchev–Trinajstić information content (AvgIpc) is 3.11. The van der Waals surface area contributed by atoms with Crippen LogP contribution in [0.5, 0.6) is 5.75 Å². The molecule has 1 spiro atoms. The van der Waals surface area contributed by atoms with Crippen LogP contribution in [0.4, 0.5) is 23.4 Å². The van der Waals surface area contributed by atoms with Crippen LogP contribution in [0.1, 0.15) is 18.4 Å². The van der Waals surface area contributed by atoms with Gasteiger partial charge in [-0.1, -0.05) is 0 Å². The molecule has 3 aromatic rings. The predicted octanol–water partition coefficient (Wildman–Crippen LogP) is 3.50. The standard InChI is InChI=1S/C19H17F4N5O2/c20-14-11(19(21,22)23)5-10(6-12(14)29)15-16-17(27-26-15)25-13(7-24-16)28-8-18(9-28)1-3-30-4-2-18/h5-7,29H,1-4,8-9H2,(H,25,26,27). The van der Waals surface area contributed by atoms with Gasteiger partial charge in [0.15, 0.2) is 17.2 Å². The van der Waals surface area contributed by atoms with Gasteiger partial charge in [0.2, 0.25) is 0 Å². The van der Waals surface area contributed by atoms with E-state index < -0.39 is 23.3 Å². The number of phenols is 1. The molecular weight excluding hydrogens is 406 g/mol. The van der Waals surface area contributed by atoms with Gasteiger partial charge in [0.05, 0.1) is 11.8 Å². The Kier molecular flexibility index (Phi) is 4.14. The van der Waals surface area contributed by atoms with E-state index in [4.69, 9.17) is 4.74 Å². The normalized spacial score (nSPS) is 18.7. The van der Waals surface area contributed by atoms with Gasteiger partial charge in [-0.3, -0.25) is 5.10 Å². The molecule has 0 aliphatic carbocycles. The highest BCUT2D eigenvalue weighted by Crippen LogP contribution is 2.42. The number of nitrogens with one attached hydrogen (secondary N) is 1. The molecule has 0 unspecified atom stereocenters. The molecule has 5 rings (SSSR count). The quantitative estimate of drug-likeness (QED) is 0.614. The van der Waals surface area contributed by atoms with E-state index in [0.29, 0.717) is 17.5 Å². The van der Waals surface area contributed by atoms with Crippen molar-refractivity contribution in [2.24, 2.45) is 5.41 Å². The summed E-state index contributed by atoms with van der Waals surface area (Å²) < 4.78 is 58.4. The van der Waals surface area contributed by atoms with Crippen LogP contribution in [0.15, 0.2) is 18.3 Å². The Morgan fingerprint density at radius 2 is 1.90 bits per heavy atom. The minimum Gasteiger partial charge on any atom is -0.505 e. The summed E-state index contributed by atoms with van der Waals surface area (Å²) in [7, 11) is 0. The number of aromatic hydroxyl groups is 1. The Bertz CT molecular complexity index is 1120. The number of ether oxygens (including phenoxy) is 1. The number of aromatic amines is 1. The van der Waals surface area contributed by atoms with E-state index in [1.165, 1.54) is 0 Å². The molecule has 2 aromatic heterocycles. The van der Waals surface area contributed by atoms with E-state index in [0.717, 1.165) is 45.2 Å². The molecule has 2 N–H and O–H groups in total. The number of halogens is 4. The first kappa shape index (κ1) is 19.0. The molecule has 0 saturated carbocycles. The van der Waals surface area contributed by atoms with Gasteiger partial charge >= 0.3 is 6.18 Å². The number of hydrogen-bond donors (Lipinski definition) is 2. The first-order chi connectivity index (χ1) is 14.3. The fraction of sp³-hybridized carbons (Fsp3) is 0.421. The Hall–Kier alpha value is -2.95. The Morgan fingerprint density at radius 1 is 1.17 bits per heavy atom. The largest absolute Gasteiger partial charge is 0.505 e. The lowest BCUT2D eigenvalue weighted by molar-refractivity contribution is -0.140. The minimum absolute atomic E-state index is 0.0503. The van der Waals surface area contributed by atoms with Gasteiger partial charge < -0.3 is 14.7 Å². The highest BCUT2D eigenvalue weighted by molar-refractivity contribution is 5.88. The summed E-state index contributed by atoms with van der Waals surface area (Å²) in [4.78, 5) is 10.9. The van der Waals surface area contributed by atoms with Gasteiger partial charge in [0, 0.05) is 37.3 Å². The predicted molar refractivity (Wildman–Crippen MR) is 98.4 cm³/mol. The van der Waals surface area contributed by atoms with E-state index in [1.54, 1.807) is 6.20 Å². The third-order valence-corrected chi connectivity index (χ3v) is 5.82. The number of H-pyrrole nitrogens is 1. The molecule has 11 heteroatoms. The van der Waals surface area contributed by atoms with Crippen LogP contribution in [0, 0.1) is 11.2 Å². The summed E-state index contributed by atoms with van der Waals surface area (Å²) in [6.45, 7) is 3.20. The third kappa shape index (κ3) is 3.04. The number of phenolic OH excluding ortho intramolecular Hbond substituents is 1. The van der Waals surface area contributed by atoms with Gasteiger partial charge in [-0.05, 0) is 25.0 Å². The summed E-state index contributed by atoms with van der Waals surface area (Å²) in [6, 6.07) is 1.49. The molecule has 2 aliphatic rings. The van der Waals surface area contributed by atoms with Crippen molar-refractivity contribution < 1.29 is 27.4 Å². The second kappa shape index (κ2) is 6.53. The number of benzene rings is 1. The van der Waals surface area contributed by atoms with E-state index in [9.17, 15) is 22.7 Å². The lowest BCUT2D eigenvalue weighted by Gasteiger charge is -2.52. The Balaban J connectivity index is 1.46. The molecule has 0 atom stereocenters. The summed E-state index contributed by atoms with van der Waals surface area (Å²) in [5.41, 5.74) is -0.852. The molecule has 7 nitrogen and oxygen atoms in total. The van der Waals surface area contributed by atoms with Crippen LogP contribution in [0.3, 0.4) is 0 Å². The highest BCUT2D eigenvalue weighted by Gasteiger charge is 2.44. The number of aromatic nitrogens is 4. The molecular formula is C19H17F4N5O2. The Labute approximate surface area is 167 Å². The lowest BCUT2D eigenvalue weighted by Crippen LogP contribution is -2.58. The van der Waals surface area contributed by atoms with Crippen LogP contribution in [-0.2, 0) is 10.9 Å². The molecule has 2 fully saturated rings. The van der Waals surface area contributed by atoms with Crippen LogP contribution >= 0.6 is 0 Å². The van der Waals surface area contributed by atoms with Crippen molar-refractivity contribution in [1.29, 1.82) is 0 Å². The average molecular weight is 423 g/mol. The smallest absolute Gasteiger partial charge is 0.419 e. The van der Waals surface area contributed by atoms with Crippen LogP contribution < -0.4 is 4.90 Å². The van der Waals surface area contributed by atoms with E-state index in [2.05, 4.69) is 25.1 Å². The number of alkyl halides is 3. The monoisotopic (exact) mass is 423 g/mol. The minimum atomic E-state index is -4.96. The van der Waals surface area contributed by atoms with Crippen molar-refractivity contribution in [3.8, 4) is 17.0 Å². The van der Waals surface area contributed by atoms with Crippen molar-refractivity contribution >= 4 is 17.0 Å². The molecule has 0 radical (unpaired) electrons. The van der Waals surface area contributed by atoms with Gasteiger partial charge in [-0.25, -0.2) is 14.4 Å². The van der Waals surface area contributed by atoms with E-state index >= 15 is 0 Å². The number of anilines is 1. The van der Waals surface area contributed by atoms with Crippen molar-refractivity contribution in [3.05, 3.63) is 29.7 Å². The second-order valence-electron chi connectivity index (χ2n) is 7.82. The topological polar surface area (TPSA) is 87.2 Å². The summed E-state index contributed by atoms with van der Waals surface area (Å²) in [6.07, 6.45) is -1.41. The van der Waals surface area contributed by atoms with E-state index in [-0.39, 0.29) is 22.2 Å². The summed E-state index contributed by atoms with van der Waals surface area (Å²) in [5, 5.41) is 16.3. The number of nitrogens with zero attached hydrogens (tertiary/aromatic N) is 4. The van der Waals surface area contributed by atoms with Gasteiger partial charge in [0.25, 0.3) is 0 Å². The molecule has 0 bridgehead atoms. The third-order valence-electron chi connectivity index (χ3n) is 5.82. The summed E-state index contributed by atoms with van der Waals surface area (Å²) in [5.74, 6) is -2.19. The van der Waals surface area contributed by atoms with Crippen molar-refractivity contribution in [1.82, 2.24) is 20.2 Å². The molecule has 158 valence electrons. The van der Waals surface area contributed by atoms with Crippen LogP contribution in [0.25, 0.3) is 22.4 Å². The zero-order valence-electron chi connectivity index (χ0n) is 15.6. The first-order valence-corrected chi connectivity index (χ1v) is 9.40. The maximum absolute atomic E-state index is 13.7. The molecule has 2 aliphatic heterocycles. The fourth-order valence-corrected chi connectivity index (χ4v) is 4.14. The zero-order valence-corrected chi connectivity index (χ0v) is 15.6. The molecule has 1 aromatic carbocycles. The van der Waals surface area contributed by atoms with Crippen molar-refractivity contribution in [2.75, 3.05) is 31.2 Å². The summed E-state index contributed by atoms with van der Waals surface area (Å²) >= 11 is 0. The van der Waals surface area contributed by atoms with Crippen LogP contribution in [-0.4, -0.2) is 51.6 Å². The lowest BCUT2D eigenvalue weighted by atomic mass is 9.73. The zero-order chi connectivity index (χ0) is 21.1. The molecule has 2 saturated heterocycles. The second-order valence-corrected chi connectivity index (χ2v) is 7.82. The molecule has 30 heavy (non-hydrogen) atoms. The SMILES string of the molecule is Oc1cc(-c2n[nH]c3nc(N4CC5(CCOCC5)C4)cnc23)cc(C(F)(F)F)c1F. The maximum atomic E-state index is 13.7. The molecule has 0 amide bonds. The van der Waals surface area contributed by atoms with Crippen molar-refractivity contribution in [2.45, 2.75) is 19.0 Å². The van der Waals surface area contributed by atoms with Gasteiger partial charge in [-0.2, -0.15) is 18.3 Å². The number of fused-ring (bicyclic) bond motifs is 1.